The number of morpholine rings is 1. The molecule has 0 N–H and O–H groups in total. The number of ether oxygens (including phenoxy) is 1. The Morgan fingerprint density at radius 1 is 1.75 bits per heavy atom. The fourth-order valence-electron chi connectivity index (χ4n) is 1.18. The first-order valence-corrected chi connectivity index (χ1v) is 5.10. The van der Waals surface area contributed by atoms with E-state index in [1.165, 1.54) is 11.8 Å². The van der Waals surface area contributed by atoms with Crippen LogP contribution in [0.25, 0.3) is 0 Å². The average molecular weight is 189 g/mol. The Morgan fingerprint density at radius 3 is 3.08 bits per heavy atom. The summed E-state index contributed by atoms with van der Waals surface area (Å²) >= 11 is 1.35. The van der Waals surface area contributed by atoms with Gasteiger partial charge >= 0.3 is 0 Å². The smallest absolute Gasteiger partial charge is 0.185 e. The summed E-state index contributed by atoms with van der Waals surface area (Å²) in [7, 11) is 2.08. The van der Waals surface area contributed by atoms with Crippen molar-refractivity contribution in [3.8, 4) is 0 Å². The lowest BCUT2D eigenvalue weighted by Crippen LogP contribution is -2.41. The number of carbonyl (C=O) groups excluding carboxylic acids is 1. The van der Waals surface area contributed by atoms with Crippen molar-refractivity contribution in [1.29, 1.82) is 0 Å². The van der Waals surface area contributed by atoms with Gasteiger partial charge in [0.2, 0.25) is 0 Å². The van der Waals surface area contributed by atoms with Crippen LogP contribution in [-0.4, -0.2) is 48.6 Å². The molecule has 3 nitrogen and oxygen atoms in total. The van der Waals surface area contributed by atoms with Crippen LogP contribution in [0.4, 0.5) is 0 Å². The second-order valence-electron chi connectivity index (χ2n) is 3.06. The summed E-state index contributed by atoms with van der Waals surface area (Å²) in [6, 6.07) is 0. The molecule has 1 heterocycles. The lowest BCUT2D eigenvalue weighted by atomic mass is 10.3. The molecule has 0 amide bonds. The molecule has 1 unspecified atom stereocenters. The maximum atomic E-state index is 10.7. The third-order valence-corrected chi connectivity index (χ3v) is 2.76. The highest BCUT2D eigenvalue weighted by molar-refractivity contribution is 8.13. The summed E-state index contributed by atoms with van der Waals surface area (Å²) in [5.74, 6) is 0.791. The molecular formula is C8H15NO2S. The van der Waals surface area contributed by atoms with Crippen molar-refractivity contribution in [3.63, 3.8) is 0 Å². The molecule has 1 aliphatic heterocycles. The predicted octanol–water partition coefficient (Wildman–Crippen LogP) is 0.597. The zero-order valence-electron chi connectivity index (χ0n) is 7.58. The molecule has 1 saturated heterocycles. The molecule has 1 fully saturated rings. The first-order valence-electron chi connectivity index (χ1n) is 4.12. The van der Waals surface area contributed by atoms with Crippen LogP contribution in [0.3, 0.4) is 0 Å². The molecule has 0 saturated carbocycles. The lowest BCUT2D eigenvalue weighted by molar-refractivity contribution is -0.109. The van der Waals surface area contributed by atoms with Gasteiger partial charge in [-0.3, -0.25) is 4.79 Å². The van der Waals surface area contributed by atoms with E-state index in [2.05, 4.69) is 11.9 Å². The van der Waals surface area contributed by atoms with Gasteiger partial charge in [0.05, 0.1) is 12.7 Å². The van der Waals surface area contributed by atoms with E-state index in [-0.39, 0.29) is 11.2 Å². The van der Waals surface area contributed by atoms with Crippen molar-refractivity contribution in [2.24, 2.45) is 0 Å². The molecule has 70 valence electrons. The Labute approximate surface area is 77.4 Å². The van der Waals surface area contributed by atoms with E-state index in [1.54, 1.807) is 6.92 Å². The topological polar surface area (TPSA) is 29.5 Å². The van der Waals surface area contributed by atoms with Gasteiger partial charge in [0.25, 0.3) is 0 Å². The second-order valence-corrected chi connectivity index (χ2v) is 4.25. The quantitative estimate of drug-likeness (QED) is 0.636. The summed E-state index contributed by atoms with van der Waals surface area (Å²) in [5.41, 5.74) is 0. The molecule has 1 aliphatic rings. The van der Waals surface area contributed by atoms with Crippen LogP contribution in [0, 0.1) is 0 Å². The number of hydrogen-bond donors (Lipinski definition) is 0. The second kappa shape index (κ2) is 4.84. The average Bonchev–Trinajstić information content (AvgIpc) is 2.01. The third kappa shape index (κ3) is 3.56. The van der Waals surface area contributed by atoms with Gasteiger partial charge in [0, 0.05) is 25.8 Å². The van der Waals surface area contributed by atoms with E-state index in [0.29, 0.717) is 0 Å². The minimum Gasteiger partial charge on any atom is -0.375 e. The summed E-state index contributed by atoms with van der Waals surface area (Å²) in [4.78, 5) is 12.9. The summed E-state index contributed by atoms with van der Waals surface area (Å²) in [5, 5.41) is 0.173. The summed E-state index contributed by atoms with van der Waals surface area (Å²) in [6.45, 7) is 4.33. The van der Waals surface area contributed by atoms with Crippen molar-refractivity contribution >= 4 is 16.9 Å². The summed E-state index contributed by atoms with van der Waals surface area (Å²) < 4.78 is 5.48. The Balaban J connectivity index is 2.18. The van der Waals surface area contributed by atoms with Crippen LogP contribution in [0.1, 0.15) is 6.92 Å². The molecule has 0 spiro atoms. The fourth-order valence-corrected chi connectivity index (χ4v) is 1.80. The molecule has 0 aromatic carbocycles. The summed E-state index contributed by atoms with van der Waals surface area (Å²) in [6.07, 6.45) is 0.234. The highest BCUT2D eigenvalue weighted by atomic mass is 32.2. The molecule has 0 aliphatic carbocycles. The molecule has 1 rings (SSSR count). The van der Waals surface area contributed by atoms with E-state index in [0.717, 1.165) is 25.4 Å². The highest BCUT2D eigenvalue weighted by Crippen LogP contribution is 2.10. The van der Waals surface area contributed by atoms with Crippen LogP contribution in [0.2, 0.25) is 0 Å². The molecule has 12 heavy (non-hydrogen) atoms. The number of thioether (sulfide) groups is 1. The van der Waals surface area contributed by atoms with Gasteiger partial charge in [-0.05, 0) is 7.05 Å². The van der Waals surface area contributed by atoms with E-state index in [4.69, 9.17) is 4.74 Å². The third-order valence-electron chi connectivity index (χ3n) is 1.81. The lowest BCUT2D eigenvalue weighted by Gasteiger charge is -2.29. The van der Waals surface area contributed by atoms with Crippen LogP contribution in [0.5, 0.6) is 0 Å². The van der Waals surface area contributed by atoms with Crippen molar-refractivity contribution in [3.05, 3.63) is 0 Å². The van der Waals surface area contributed by atoms with Crippen molar-refractivity contribution in [2.75, 3.05) is 32.5 Å². The molecule has 0 bridgehead atoms. The largest absolute Gasteiger partial charge is 0.375 e. The molecule has 0 radical (unpaired) electrons. The van der Waals surface area contributed by atoms with Crippen molar-refractivity contribution < 1.29 is 9.53 Å². The van der Waals surface area contributed by atoms with Gasteiger partial charge in [-0.15, -0.1) is 0 Å². The monoisotopic (exact) mass is 189 g/mol. The van der Waals surface area contributed by atoms with Gasteiger partial charge in [0.15, 0.2) is 5.12 Å². The number of nitrogens with zero attached hydrogens (tertiary/aromatic N) is 1. The maximum absolute atomic E-state index is 10.7. The molecular weight excluding hydrogens is 174 g/mol. The normalized spacial score (nSPS) is 25.7. The van der Waals surface area contributed by atoms with Crippen LogP contribution >= 0.6 is 11.8 Å². The van der Waals surface area contributed by atoms with E-state index in [1.807, 2.05) is 0 Å². The number of carbonyl (C=O) groups is 1. The minimum atomic E-state index is 0.173. The van der Waals surface area contributed by atoms with Gasteiger partial charge in [-0.25, -0.2) is 0 Å². The highest BCUT2D eigenvalue weighted by Gasteiger charge is 2.17. The predicted molar refractivity (Wildman–Crippen MR) is 50.4 cm³/mol. The molecule has 0 aromatic rings. The van der Waals surface area contributed by atoms with Gasteiger partial charge in [-0.1, -0.05) is 11.8 Å². The Morgan fingerprint density at radius 2 is 2.50 bits per heavy atom. The number of likely N-dealkylation sites (N-methyl/N-ethyl adjacent to an activating group) is 1. The van der Waals surface area contributed by atoms with Crippen LogP contribution in [-0.2, 0) is 9.53 Å². The minimum absolute atomic E-state index is 0.173. The Kier molecular flexibility index (Phi) is 4.05. The first kappa shape index (κ1) is 10.0. The number of hydrogen-bond acceptors (Lipinski definition) is 4. The Bertz CT molecular complexity index is 163. The van der Waals surface area contributed by atoms with E-state index in [9.17, 15) is 4.79 Å². The van der Waals surface area contributed by atoms with Crippen LogP contribution < -0.4 is 0 Å². The molecule has 1 atom stereocenters. The van der Waals surface area contributed by atoms with Gasteiger partial charge in [-0.2, -0.15) is 0 Å². The van der Waals surface area contributed by atoms with Crippen molar-refractivity contribution in [2.45, 2.75) is 13.0 Å². The fraction of sp³-hybridized carbons (Fsp3) is 0.875. The van der Waals surface area contributed by atoms with Gasteiger partial charge in [0.1, 0.15) is 0 Å². The van der Waals surface area contributed by atoms with E-state index < -0.39 is 0 Å². The van der Waals surface area contributed by atoms with Crippen molar-refractivity contribution in [1.82, 2.24) is 4.90 Å². The first-order chi connectivity index (χ1) is 5.68. The zero-order chi connectivity index (χ0) is 8.97. The standard InChI is InChI=1S/C8H15NO2S/c1-7(10)12-6-8-5-9(2)3-4-11-8/h8H,3-6H2,1-2H3. The molecule has 4 heteroatoms. The number of rotatable bonds is 2. The zero-order valence-corrected chi connectivity index (χ0v) is 8.39. The van der Waals surface area contributed by atoms with E-state index >= 15 is 0 Å². The Hall–Kier alpha value is -0.0600. The molecule has 0 aromatic heterocycles. The SMILES string of the molecule is CC(=O)SCC1CN(C)CCO1. The van der Waals surface area contributed by atoms with Gasteiger partial charge < -0.3 is 9.64 Å². The van der Waals surface area contributed by atoms with Crippen LogP contribution in [0.15, 0.2) is 0 Å². The maximum Gasteiger partial charge on any atom is 0.185 e.